The van der Waals surface area contributed by atoms with Crippen molar-refractivity contribution in [2.45, 2.75) is 13.8 Å². The van der Waals surface area contributed by atoms with Crippen LogP contribution >= 0.6 is 7.37 Å². The van der Waals surface area contributed by atoms with Gasteiger partial charge in [0, 0.05) is 27.9 Å². The van der Waals surface area contributed by atoms with Crippen LogP contribution in [0.15, 0.2) is 11.9 Å². The Balaban J connectivity index is 0. The molecule has 2 nitrogen and oxygen atoms in total. The Hall–Kier alpha value is 0.644. The summed E-state index contributed by atoms with van der Waals surface area (Å²) in [5.74, 6) is 1.35. The summed E-state index contributed by atoms with van der Waals surface area (Å²) in [4.78, 5) is 8.79. The third kappa shape index (κ3) is 6.53. The van der Waals surface area contributed by atoms with E-state index in [4.69, 9.17) is 4.89 Å². The van der Waals surface area contributed by atoms with Crippen molar-refractivity contribution in [3.8, 4) is 0 Å². The van der Waals surface area contributed by atoms with Crippen LogP contribution in [-0.2, 0) is 26.3 Å². The van der Waals surface area contributed by atoms with Gasteiger partial charge >= 0.3 is 0 Å². The van der Waals surface area contributed by atoms with Crippen LogP contribution in [0.25, 0.3) is 0 Å². The summed E-state index contributed by atoms with van der Waals surface area (Å²) in [5, 5.41) is 0. The predicted octanol–water partition coefficient (Wildman–Crippen LogP) is 1.81. The van der Waals surface area contributed by atoms with Gasteiger partial charge in [-0.25, -0.2) is 0 Å². The van der Waals surface area contributed by atoms with Crippen LogP contribution in [0.4, 0.5) is 0 Å². The molecule has 0 amide bonds. The van der Waals surface area contributed by atoms with E-state index in [0.29, 0.717) is 6.16 Å². The molecule has 0 aromatic heterocycles. The minimum absolute atomic E-state index is 0. The molecule has 0 fully saturated rings. The van der Waals surface area contributed by atoms with Crippen molar-refractivity contribution < 1.29 is 31.2 Å². The normalized spacial score (nSPS) is 16.8. The Morgan fingerprint density at radius 3 is 2.22 bits per heavy atom. The maximum absolute atomic E-state index is 10.7. The van der Waals surface area contributed by atoms with E-state index >= 15 is 0 Å². The standard InChI is InChI=1S/C5H11O2P.Ti/c1-3-5-8(6,7)4-2;/h3,5H,4H2,1-2H3,(H,6,7);. The second kappa shape index (κ2) is 5.43. The van der Waals surface area contributed by atoms with Crippen molar-refractivity contribution in [1.29, 1.82) is 0 Å². The molecule has 0 aliphatic rings. The van der Waals surface area contributed by atoms with E-state index in [9.17, 15) is 4.57 Å². The third-order valence-corrected chi connectivity index (χ3v) is 2.51. The van der Waals surface area contributed by atoms with Gasteiger partial charge < -0.3 is 4.89 Å². The molecule has 1 N–H and O–H groups in total. The first kappa shape index (κ1) is 12.3. The monoisotopic (exact) mass is 182 g/mol. The van der Waals surface area contributed by atoms with Crippen molar-refractivity contribution in [2.24, 2.45) is 0 Å². The first-order valence-electron chi connectivity index (χ1n) is 2.57. The predicted molar refractivity (Wildman–Crippen MR) is 35.2 cm³/mol. The number of hydrogen-bond acceptors (Lipinski definition) is 1. The van der Waals surface area contributed by atoms with Gasteiger partial charge in [0.1, 0.15) is 0 Å². The Morgan fingerprint density at radius 2 is 2.11 bits per heavy atom. The molecule has 1 atom stereocenters. The van der Waals surface area contributed by atoms with Gasteiger partial charge in [0.05, 0.1) is 0 Å². The zero-order valence-corrected chi connectivity index (χ0v) is 8.12. The Bertz CT molecular complexity index is 133. The molecule has 0 aliphatic heterocycles. The molecule has 0 aliphatic carbocycles. The number of rotatable bonds is 2. The maximum Gasteiger partial charge on any atom is 0.222 e. The Morgan fingerprint density at radius 1 is 1.67 bits per heavy atom. The van der Waals surface area contributed by atoms with E-state index in [1.165, 1.54) is 5.82 Å². The van der Waals surface area contributed by atoms with Gasteiger partial charge in [0.2, 0.25) is 7.37 Å². The van der Waals surface area contributed by atoms with Crippen molar-refractivity contribution in [2.75, 3.05) is 6.16 Å². The molecule has 9 heavy (non-hydrogen) atoms. The average molecular weight is 182 g/mol. The molecular formula is C5H11O2PTi. The zero-order valence-electron chi connectivity index (χ0n) is 5.66. The second-order valence-corrected chi connectivity index (χ2v) is 4.00. The first-order chi connectivity index (χ1) is 3.62. The molecule has 0 heterocycles. The molecule has 0 saturated heterocycles. The molecule has 1 unspecified atom stereocenters. The third-order valence-electron chi connectivity index (χ3n) is 0.835. The van der Waals surface area contributed by atoms with Crippen molar-refractivity contribution >= 4 is 7.37 Å². The minimum atomic E-state index is -2.85. The Labute approximate surface area is 70.7 Å². The fraction of sp³-hybridized carbons (Fsp3) is 0.600. The van der Waals surface area contributed by atoms with Gasteiger partial charge in [0.25, 0.3) is 0 Å². The van der Waals surface area contributed by atoms with E-state index in [-0.39, 0.29) is 21.7 Å². The second-order valence-electron chi connectivity index (χ2n) is 1.55. The van der Waals surface area contributed by atoms with E-state index < -0.39 is 7.37 Å². The molecule has 4 heteroatoms. The minimum Gasteiger partial charge on any atom is -0.341 e. The van der Waals surface area contributed by atoms with Gasteiger partial charge in [0.15, 0.2) is 0 Å². The molecule has 52 valence electrons. The van der Waals surface area contributed by atoms with E-state index in [2.05, 4.69) is 0 Å². The summed E-state index contributed by atoms with van der Waals surface area (Å²) < 4.78 is 10.7. The van der Waals surface area contributed by atoms with Crippen LogP contribution in [0.1, 0.15) is 13.8 Å². The molecule has 0 radical (unpaired) electrons. The summed E-state index contributed by atoms with van der Waals surface area (Å²) in [6.45, 7) is 3.43. The van der Waals surface area contributed by atoms with Crippen LogP contribution in [0.5, 0.6) is 0 Å². The van der Waals surface area contributed by atoms with Crippen molar-refractivity contribution in [3.05, 3.63) is 11.9 Å². The zero-order chi connectivity index (χ0) is 6.62. The van der Waals surface area contributed by atoms with Gasteiger partial charge in [-0.15, -0.1) is 0 Å². The molecule has 0 aromatic rings. The molecule has 0 rings (SSSR count). The summed E-state index contributed by atoms with van der Waals surface area (Å²) in [7, 11) is -2.85. The van der Waals surface area contributed by atoms with Crippen LogP contribution in [0.2, 0.25) is 0 Å². The topological polar surface area (TPSA) is 37.3 Å². The fourth-order valence-corrected chi connectivity index (χ4v) is 1.02. The van der Waals surface area contributed by atoms with E-state index in [1.54, 1.807) is 19.9 Å². The SMILES string of the molecule is CC=CP(=O)(O)CC.[Ti]. The van der Waals surface area contributed by atoms with E-state index in [0.717, 1.165) is 0 Å². The van der Waals surface area contributed by atoms with Gasteiger partial charge in [-0.1, -0.05) is 13.0 Å². The summed E-state index contributed by atoms with van der Waals surface area (Å²) >= 11 is 0. The van der Waals surface area contributed by atoms with Crippen molar-refractivity contribution in [3.63, 3.8) is 0 Å². The largest absolute Gasteiger partial charge is 0.341 e. The van der Waals surface area contributed by atoms with Gasteiger partial charge in [-0.2, -0.15) is 0 Å². The molecule has 0 saturated carbocycles. The van der Waals surface area contributed by atoms with E-state index in [1.807, 2.05) is 0 Å². The smallest absolute Gasteiger partial charge is 0.222 e. The number of allylic oxidation sites excluding steroid dienone is 1. The molecule has 0 spiro atoms. The van der Waals surface area contributed by atoms with Gasteiger partial charge in [-0.05, 0) is 12.7 Å². The molecule has 0 bridgehead atoms. The maximum atomic E-state index is 10.7. The summed E-state index contributed by atoms with van der Waals surface area (Å²) in [6, 6.07) is 0. The molecular weight excluding hydrogens is 171 g/mol. The van der Waals surface area contributed by atoms with Crippen LogP contribution in [0, 0.1) is 0 Å². The molecule has 0 aromatic carbocycles. The van der Waals surface area contributed by atoms with Crippen molar-refractivity contribution in [1.82, 2.24) is 0 Å². The average Bonchev–Trinajstić information content (AvgIpc) is 1.67. The van der Waals surface area contributed by atoms with Gasteiger partial charge in [-0.3, -0.25) is 4.57 Å². The summed E-state index contributed by atoms with van der Waals surface area (Å²) in [5.41, 5.74) is 0. The fourth-order valence-electron chi connectivity index (χ4n) is 0.338. The number of hydrogen-bond donors (Lipinski definition) is 1. The summed E-state index contributed by atoms with van der Waals surface area (Å²) in [6.07, 6.45) is 1.93. The van der Waals surface area contributed by atoms with Crippen LogP contribution in [-0.4, -0.2) is 11.1 Å². The quantitative estimate of drug-likeness (QED) is 0.522. The van der Waals surface area contributed by atoms with Crippen LogP contribution < -0.4 is 0 Å². The van der Waals surface area contributed by atoms with Crippen LogP contribution in [0.3, 0.4) is 0 Å². The Kier molecular flexibility index (Phi) is 7.44. The first-order valence-corrected chi connectivity index (χ1v) is 4.49.